The minimum atomic E-state index is -0.897. The molecule has 106 valence electrons. The number of aliphatic hydroxyl groups is 1. The third-order valence-corrected chi connectivity index (χ3v) is 4.03. The highest BCUT2D eigenvalue weighted by Gasteiger charge is 2.60. The van der Waals surface area contributed by atoms with Gasteiger partial charge in [0.2, 0.25) is 0 Å². The van der Waals surface area contributed by atoms with E-state index in [9.17, 15) is 5.11 Å². The van der Waals surface area contributed by atoms with Crippen LogP contribution in [0, 0.1) is 5.41 Å². The summed E-state index contributed by atoms with van der Waals surface area (Å²) in [7, 11) is 0. The Labute approximate surface area is 110 Å². The molecule has 0 radical (unpaired) electrons. The second kappa shape index (κ2) is 4.17. The predicted octanol–water partition coefficient (Wildman–Crippen LogP) is 1.32. The minimum absolute atomic E-state index is 0.0225. The zero-order chi connectivity index (χ0) is 13.8. The first-order valence-corrected chi connectivity index (χ1v) is 6.78. The van der Waals surface area contributed by atoms with E-state index in [2.05, 4.69) is 26.1 Å². The standard InChI is InChI=1S/C14H27NO3/c1-12(2,3)14(16)8-18-10-9(7-17-11(10)14)15-13(4,5)6/h9-11,15-16H,7-8H2,1-6H3/t9-,10-,11+,14?/m1/s1. The number of rotatable bonds is 1. The van der Waals surface area contributed by atoms with Crippen LogP contribution in [0.3, 0.4) is 0 Å². The first-order valence-electron chi connectivity index (χ1n) is 6.78. The average molecular weight is 257 g/mol. The van der Waals surface area contributed by atoms with Crippen LogP contribution in [0.1, 0.15) is 41.5 Å². The molecule has 1 unspecified atom stereocenters. The molecular formula is C14H27NO3. The van der Waals surface area contributed by atoms with Gasteiger partial charge >= 0.3 is 0 Å². The van der Waals surface area contributed by atoms with Crippen molar-refractivity contribution in [2.45, 2.75) is 70.9 Å². The van der Waals surface area contributed by atoms with E-state index >= 15 is 0 Å². The summed E-state index contributed by atoms with van der Waals surface area (Å²) in [6.07, 6.45) is -0.272. The van der Waals surface area contributed by atoms with Gasteiger partial charge in [0, 0.05) is 5.54 Å². The molecule has 2 rings (SSSR count). The van der Waals surface area contributed by atoms with Crippen LogP contribution in [-0.2, 0) is 9.47 Å². The maximum Gasteiger partial charge on any atom is 0.121 e. The molecule has 4 nitrogen and oxygen atoms in total. The summed E-state index contributed by atoms with van der Waals surface area (Å²) < 4.78 is 11.7. The molecule has 18 heavy (non-hydrogen) atoms. The van der Waals surface area contributed by atoms with Gasteiger partial charge in [-0.3, -0.25) is 0 Å². The second-order valence-corrected chi connectivity index (χ2v) is 7.70. The maximum atomic E-state index is 10.8. The Bertz CT molecular complexity index is 318. The lowest BCUT2D eigenvalue weighted by Gasteiger charge is -2.39. The fourth-order valence-electron chi connectivity index (χ4n) is 2.85. The fraction of sp³-hybridized carbons (Fsp3) is 1.00. The molecule has 2 N–H and O–H groups in total. The fourth-order valence-corrected chi connectivity index (χ4v) is 2.85. The van der Waals surface area contributed by atoms with Crippen LogP contribution in [0.5, 0.6) is 0 Å². The van der Waals surface area contributed by atoms with Gasteiger partial charge in [-0.25, -0.2) is 0 Å². The van der Waals surface area contributed by atoms with Crippen LogP contribution in [0.15, 0.2) is 0 Å². The lowest BCUT2D eigenvalue weighted by Crippen LogP contribution is -2.54. The zero-order valence-corrected chi connectivity index (χ0v) is 12.4. The van der Waals surface area contributed by atoms with Crippen molar-refractivity contribution in [1.82, 2.24) is 5.32 Å². The molecule has 0 aliphatic carbocycles. The molecule has 0 bridgehead atoms. The van der Waals surface area contributed by atoms with Gasteiger partial charge in [0.15, 0.2) is 0 Å². The van der Waals surface area contributed by atoms with Crippen molar-refractivity contribution in [2.24, 2.45) is 5.41 Å². The molecule has 2 fully saturated rings. The molecule has 4 atom stereocenters. The van der Waals surface area contributed by atoms with Crippen LogP contribution in [0.4, 0.5) is 0 Å². The van der Waals surface area contributed by atoms with E-state index in [1.807, 2.05) is 20.8 Å². The molecular weight excluding hydrogens is 230 g/mol. The number of fused-ring (bicyclic) bond motifs is 1. The number of nitrogens with one attached hydrogen (secondary N) is 1. The van der Waals surface area contributed by atoms with Gasteiger partial charge in [0.1, 0.15) is 17.8 Å². The third kappa shape index (κ3) is 2.31. The van der Waals surface area contributed by atoms with Crippen molar-refractivity contribution >= 4 is 0 Å². The highest BCUT2D eigenvalue weighted by molar-refractivity contribution is 5.11. The van der Waals surface area contributed by atoms with Gasteiger partial charge < -0.3 is 19.9 Å². The van der Waals surface area contributed by atoms with E-state index in [4.69, 9.17) is 9.47 Å². The Kier molecular flexibility index (Phi) is 3.30. The zero-order valence-electron chi connectivity index (χ0n) is 12.4. The molecule has 2 aliphatic heterocycles. The van der Waals surface area contributed by atoms with Gasteiger partial charge in [-0.05, 0) is 26.2 Å². The van der Waals surface area contributed by atoms with E-state index in [1.54, 1.807) is 0 Å². The van der Waals surface area contributed by atoms with Crippen molar-refractivity contribution in [3.63, 3.8) is 0 Å². The molecule has 0 aromatic heterocycles. The van der Waals surface area contributed by atoms with Crippen molar-refractivity contribution in [3.05, 3.63) is 0 Å². The minimum Gasteiger partial charge on any atom is -0.384 e. The molecule has 0 spiro atoms. The Morgan fingerprint density at radius 2 is 1.72 bits per heavy atom. The number of hydrogen-bond acceptors (Lipinski definition) is 4. The first kappa shape index (κ1) is 14.3. The van der Waals surface area contributed by atoms with E-state index in [0.717, 1.165) is 0 Å². The molecule has 0 amide bonds. The lowest BCUT2D eigenvalue weighted by molar-refractivity contribution is -0.129. The van der Waals surface area contributed by atoms with E-state index in [0.29, 0.717) is 13.2 Å². The highest BCUT2D eigenvalue weighted by atomic mass is 16.6. The van der Waals surface area contributed by atoms with Crippen molar-refractivity contribution in [2.75, 3.05) is 13.2 Å². The Morgan fingerprint density at radius 1 is 1.11 bits per heavy atom. The van der Waals surface area contributed by atoms with Crippen LogP contribution >= 0.6 is 0 Å². The summed E-state index contributed by atoms with van der Waals surface area (Å²) in [6, 6.07) is 0.159. The third-order valence-electron chi connectivity index (χ3n) is 4.03. The Hall–Kier alpha value is -0.160. The van der Waals surface area contributed by atoms with E-state index in [-0.39, 0.29) is 29.2 Å². The molecule has 2 aliphatic rings. The summed E-state index contributed by atoms with van der Waals surface area (Å²) in [6.45, 7) is 13.5. The quantitative estimate of drug-likeness (QED) is 0.744. The van der Waals surface area contributed by atoms with Crippen molar-refractivity contribution < 1.29 is 14.6 Å². The van der Waals surface area contributed by atoms with Gasteiger partial charge in [-0.15, -0.1) is 0 Å². The normalized spacial score (nSPS) is 41.2. The van der Waals surface area contributed by atoms with Gasteiger partial charge in [-0.1, -0.05) is 20.8 Å². The van der Waals surface area contributed by atoms with Gasteiger partial charge in [0.05, 0.1) is 19.3 Å². The summed E-state index contributed by atoms with van der Waals surface area (Å²) >= 11 is 0. The van der Waals surface area contributed by atoms with Gasteiger partial charge in [0.25, 0.3) is 0 Å². The van der Waals surface area contributed by atoms with Crippen molar-refractivity contribution in [1.29, 1.82) is 0 Å². The Balaban J connectivity index is 2.12. The van der Waals surface area contributed by atoms with Gasteiger partial charge in [-0.2, -0.15) is 0 Å². The number of ether oxygens (including phenoxy) is 2. The van der Waals surface area contributed by atoms with Crippen molar-refractivity contribution in [3.8, 4) is 0 Å². The first-order chi connectivity index (χ1) is 8.05. The van der Waals surface area contributed by atoms with Crippen LogP contribution < -0.4 is 5.32 Å². The largest absolute Gasteiger partial charge is 0.384 e. The molecule has 2 heterocycles. The summed E-state index contributed by atoms with van der Waals surface area (Å²) in [4.78, 5) is 0. The maximum absolute atomic E-state index is 10.8. The monoisotopic (exact) mass is 257 g/mol. The average Bonchev–Trinajstić information content (AvgIpc) is 2.67. The predicted molar refractivity (Wildman–Crippen MR) is 70.6 cm³/mol. The van der Waals surface area contributed by atoms with Crippen LogP contribution in [0.2, 0.25) is 0 Å². The van der Waals surface area contributed by atoms with E-state index < -0.39 is 5.60 Å². The molecule has 0 saturated carbocycles. The van der Waals surface area contributed by atoms with Crippen LogP contribution in [0.25, 0.3) is 0 Å². The second-order valence-electron chi connectivity index (χ2n) is 7.70. The SMILES string of the molecule is CC(C)(C)N[C@@H]1CO[C@H]2[C@@H]1OCC2(O)C(C)(C)C. The number of hydrogen-bond donors (Lipinski definition) is 2. The summed E-state index contributed by atoms with van der Waals surface area (Å²) in [5.74, 6) is 0. The topological polar surface area (TPSA) is 50.7 Å². The summed E-state index contributed by atoms with van der Waals surface area (Å²) in [5, 5.41) is 14.4. The van der Waals surface area contributed by atoms with E-state index in [1.165, 1.54) is 0 Å². The molecule has 4 heteroatoms. The lowest BCUT2D eigenvalue weighted by atomic mass is 9.73. The highest BCUT2D eigenvalue weighted by Crippen LogP contribution is 2.44. The molecule has 0 aromatic rings. The smallest absolute Gasteiger partial charge is 0.121 e. The molecule has 2 saturated heterocycles. The molecule has 0 aromatic carbocycles. The summed E-state index contributed by atoms with van der Waals surface area (Å²) in [5.41, 5.74) is -1.12. The Morgan fingerprint density at radius 3 is 2.22 bits per heavy atom. The van der Waals surface area contributed by atoms with Crippen LogP contribution in [-0.4, -0.2) is 47.7 Å².